The zero-order valence-electron chi connectivity index (χ0n) is 10.6. The molecule has 1 aliphatic carbocycles. The first-order valence-electron chi connectivity index (χ1n) is 6.68. The van der Waals surface area contributed by atoms with E-state index >= 15 is 0 Å². The van der Waals surface area contributed by atoms with Crippen LogP contribution in [0.1, 0.15) is 30.4 Å². The lowest BCUT2D eigenvalue weighted by molar-refractivity contribution is 0.542. The second-order valence-electron chi connectivity index (χ2n) is 5.82. The largest absolute Gasteiger partial charge is 0.371 e. The Bertz CT molecular complexity index is 423. The molecule has 1 saturated carbocycles. The Morgan fingerprint density at radius 1 is 1.35 bits per heavy atom. The molecule has 0 amide bonds. The summed E-state index contributed by atoms with van der Waals surface area (Å²) in [5.41, 5.74) is 4.95. The van der Waals surface area contributed by atoms with Gasteiger partial charge < -0.3 is 4.90 Å². The van der Waals surface area contributed by atoms with Crippen molar-refractivity contribution >= 4 is 18.3 Å². The number of anilines is 1. The Morgan fingerprint density at radius 2 is 2.18 bits per heavy atom. The van der Waals surface area contributed by atoms with Gasteiger partial charge in [-0.2, -0.15) is 12.6 Å². The fourth-order valence-electron chi connectivity index (χ4n) is 2.92. The lowest BCUT2D eigenvalue weighted by atomic mass is 9.98. The van der Waals surface area contributed by atoms with Crippen LogP contribution in [0.3, 0.4) is 0 Å². The van der Waals surface area contributed by atoms with E-state index in [2.05, 4.69) is 42.7 Å². The van der Waals surface area contributed by atoms with Gasteiger partial charge in [0.15, 0.2) is 0 Å². The summed E-state index contributed by atoms with van der Waals surface area (Å²) in [5.74, 6) is 1.05. The van der Waals surface area contributed by atoms with Crippen LogP contribution in [0.25, 0.3) is 0 Å². The van der Waals surface area contributed by atoms with Gasteiger partial charge in [-0.3, -0.25) is 0 Å². The lowest BCUT2D eigenvalue weighted by Gasteiger charge is -2.34. The van der Waals surface area contributed by atoms with Crippen molar-refractivity contribution in [2.24, 2.45) is 5.41 Å². The monoisotopic (exact) mass is 247 g/mol. The third-order valence-electron chi connectivity index (χ3n) is 4.27. The van der Waals surface area contributed by atoms with E-state index in [9.17, 15) is 0 Å². The number of rotatable bonds is 3. The molecule has 0 unspecified atom stereocenters. The molecule has 0 N–H and O–H groups in total. The van der Waals surface area contributed by atoms with Crippen molar-refractivity contribution in [2.75, 3.05) is 23.7 Å². The van der Waals surface area contributed by atoms with E-state index in [4.69, 9.17) is 0 Å². The predicted molar refractivity (Wildman–Crippen MR) is 77.2 cm³/mol. The second-order valence-corrected chi connectivity index (χ2v) is 6.13. The third-order valence-corrected chi connectivity index (χ3v) is 4.94. The van der Waals surface area contributed by atoms with E-state index in [0.29, 0.717) is 5.41 Å². The van der Waals surface area contributed by atoms with E-state index in [1.165, 1.54) is 50.0 Å². The molecule has 0 bridgehead atoms. The SMILES string of the molecule is Cc1ccc2c(c1)CCCN2CC1(CS)CC1. The lowest BCUT2D eigenvalue weighted by Crippen LogP contribution is -2.35. The van der Waals surface area contributed by atoms with Crippen LogP contribution in [0.5, 0.6) is 0 Å². The van der Waals surface area contributed by atoms with E-state index in [-0.39, 0.29) is 0 Å². The third kappa shape index (κ3) is 2.20. The number of thiol groups is 1. The fourth-order valence-corrected chi connectivity index (χ4v) is 3.33. The van der Waals surface area contributed by atoms with Crippen LogP contribution in [-0.4, -0.2) is 18.8 Å². The van der Waals surface area contributed by atoms with Crippen molar-refractivity contribution < 1.29 is 0 Å². The maximum Gasteiger partial charge on any atom is 0.0399 e. The standard InChI is InChI=1S/C15H21NS/c1-12-4-5-14-13(9-12)3-2-8-16(14)10-15(11-17)6-7-15/h4-5,9,17H,2-3,6-8,10-11H2,1H3. The minimum atomic E-state index is 0.530. The van der Waals surface area contributed by atoms with Gasteiger partial charge in [0.25, 0.3) is 0 Å². The molecule has 1 aromatic rings. The number of fused-ring (bicyclic) bond motifs is 1. The fraction of sp³-hybridized carbons (Fsp3) is 0.600. The highest BCUT2D eigenvalue weighted by Crippen LogP contribution is 2.48. The van der Waals surface area contributed by atoms with E-state index in [1.807, 2.05) is 0 Å². The molecule has 0 aromatic heterocycles. The maximum atomic E-state index is 4.52. The van der Waals surface area contributed by atoms with Gasteiger partial charge in [0.1, 0.15) is 0 Å². The van der Waals surface area contributed by atoms with Crippen LogP contribution in [0.2, 0.25) is 0 Å². The summed E-state index contributed by atoms with van der Waals surface area (Å²) in [6.45, 7) is 4.63. The average Bonchev–Trinajstić information content (AvgIpc) is 3.09. The summed E-state index contributed by atoms with van der Waals surface area (Å²) in [4.78, 5) is 2.60. The summed E-state index contributed by atoms with van der Waals surface area (Å²) < 4.78 is 0. The summed E-state index contributed by atoms with van der Waals surface area (Å²) in [5, 5.41) is 0. The van der Waals surface area contributed by atoms with Crippen molar-refractivity contribution in [1.82, 2.24) is 0 Å². The summed E-state index contributed by atoms with van der Waals surface area (Å²) in [6.07, 6.45) is 5.29. The Hall–Kier alpha value is -0.630. The predicted octanol–water partition coefficient (Wildman–Crippen LogP) is 3.46. The van der Waals surface area contributed by atoms with Crippen LogP contribution >= 0.6 is 12.6 Å². The van der Waals surface area contributed by atoms with Crippen molar-refractivity contribution in [3.05, 3.63) is 29.3 Å². The van der Waals surface area contributed by atoms with Crippen LogP contribution in [0.15, 0.2) is 18.2 Å². The minimum Gasteiger partial charge on any atom is -0.371 e. The number of benzene rings is 1. The van der Waals surface area contributed by atoms with Crippen molar-refractivity contribution in [2.45, 2.75) is 32.6 Å². The molecule has 0 radical (unpaired) electrons. The number of nitrogens with zero attached hydrogens (tertiary/aromatic N) is 1. The first kappa shape index (κ1) is 11.5. The second kappa shape index (κ2) is 4.24. The van der Waals surface area contributed by atoms with Gasteiger partial charge >= 0.3 is 0 Å². The smallest absolute Gasteiger partial charge is 0.0399 e. The highest BCUT2D eigenvalue weighted by atomic mass is 32.1. The molecule has 0 saturated heterocycles. The summed E-state index contributed by atoms with van der Waals surface area (Å²) in [6, 6.07) is 6.93. The Balaban J connectivity index is 1.84. The first-order valence-corrected chi connectivity index (χ1v) is 7.31. The van der Waals surface area contributed by atoms with Crippen molar-refractivity contribution in [3.63, 3.8) is 0 Å². The number of hydrogen-bond donors (Lipinski definition) is 1. The van der Waals surface area contributed by atoms with Gasteiger partial charge in [0, 0.05) is 18.8 Å². The van der Waals surface area contributed by atoms with Gasteiger partial charge in [0.2, 0.25) is 0 Å². The van der Waals surface area contributed by atoms with Gasteiger partial charge in [-0.1, -0.05) is 17.7 Å². The molecule has 1 fully saturated rings. The van der Waals surface area contributed by atoms with E-state index in [0.717, 1.165) is 5.75 Å². The van der Waals surface area contributed by atoms with Crippen molar-refractivity contribution in [1.29, 1.82) is 0 Å². The highest BCUT2D eigenvalue weighted by Gasteiger charge is 2.43. The zero-order valence-corrected chi connectivity index (χ0v) is 11.5. The average molecular weight is 247 g/mol. The van der Waals surface area contributed by atoms with E-state index < -0.39 is 0 Å². The van der Waals surface area contributed by atoms with Gasteiger partial charge in [-0.05, 0) is 55.4 Å². The molecule has 1 heterocycles. The molecule has 1 aromatic carbocycles. The maximum absolute atomic E-state index is 4.52. The first-order chi connectivity index (χ1) is 8.22. The Morgan fingerprint density at radius 3 is 2.88 bits per heavy atom. The summed E-state index contributed by atoms with van der Waals surface area (Å²) in [7, 11) is 0. The highest BCUT2D eigenvalue weighted by molar-refractivity contribution is 7.80. The van der Waals surface area contributed by atoms with E-state index in [1.54, 1.807) is 5.56 Å². The molecule has 1 aliphatic heterocycles. The van der Waals surface area contributed by atoms with Crippen molar-refractivity contribution in [3.8, 4) is 0 Å². The Labute approximate surface area is 110 Å². The molecule has 92 valence electrons. The summed E-state index contributed by atoms with van der Waals surface area (Å²) >= 11 is 4.52. The van der Waals surface area contributed by atoms with Gasteiger partial charge in [-0.15, -0.1) is 0 Å². The molecule has 2 heteroatoms. The number of hydrogen-bond acceptors (Lipinski definition) is 2. The molecule has 3 rings (SSSR count). The molecule has 17 heavy (non-hydrogen) atoms. The molecule has 1 nitrogen and oxygen atoms in total. The molecular weight excluding hydrogens is 226 g/mol. The van der Waals surface area contributed by atoms with Crippen LogP contribution < -0.4 is 4.90 Å². The molecular formula is C15H21NS. The van der Waals surface area contributed by atoms with Crippen LogP contribution in [0, 0.1) is 12.3 Å². The molecule has 2 aliphatic rings. The topological polar surface area (TPSA) is 3.24 Å². The normalized spacial score (nSPS) is 21.2. The van der Waals surface area contributed by atoms with Gasteiger partial charge in [0.05, 0.1) is 0 Å². The minimum absolute atomic E-state index is 0.530. The van der Waals surface area contributed by atoms with Gasteiger partial charge in [-0.25, -0.2) is 0 Å². The number of aryl methyl sites for hydroxylation is 2. The Kier molecular flexibility index (Phi) is 2.86. The van der Waals surface area contributed by atoms with Crippen LogP contribution in [0.4, 0.5) is 5.69 Å². The zero-order chi connectivity index (χ0) is 11.9. The van der Waals surface area contributed by atoms with Crippen LogP contribution in [-0.2, 0) is 6.42 Å². The quantitative estimate of drug-likeness (QED) is 0.801. The molecule has 0 spiro atoms. The molecule has 0 atom stereocenters.